The fraction of sp³-hybridized carbons (Fsp3) is 0.0556. The van der Waals surface area contributed by atoms with E-state index < -0.39 is 6.61 Å². The minimum atomic E-state index is -2.87. The third kappa shape index (κ3) is 3.03. The third-order valence-electron chi connectivity index (χ3n) is 3.67. The largest absolute Gasteiger partial charge is 0.435 e. The molecule has 0 spiro atoms. The van der Waals surface area contributed by atoms with Crippen molar-refractivity contribution in [3.8, 4) is 28.3 Å². The van der Waals surface area contributed by atoms with Crippen molar-refractivity contribution in [2.24, 2.45) is 0 Å². The topological polar surface area (TPSA) is 52.3 Å². The van der Waals surface area contributed by atoms with Crippen LogP contribution in [0.15, 0.2) is 67.1 Å². The zero-order valence-corrected chi connectivity index (χ0v) is 12.9. The van der Waals surface area contributed by atoms with Gasteiger partial charge in [-0.3, -0.25) is 4.98 Å². The lowest BCUT2D eigenvalue weighted by Crippen LogP contribution is -2.02. The van der Waals surface area contributed by atoms with Crippen LogP contribution in [0.1, 0.15) is 0 Å². The van der Waals surface area contributed by atoms with Crippen LogP contribution in [0.4, 0.5) is 8.78 Å². The second kappa shape index (κ2) is 6.27. The molecular weight excluding hydrogens is 326 g/mol. The molecule has 4 aromatic rings. The van der Waals surface area contributed by atoms with Crippen LogP contribution in [0.2, 0.25) is 0 Å². The van der Waals surface area contributed by atoms with Gasteiger partial charge >= 0.3 is 6.61 Å². The Bertz CT molecular complexity index is 1030. The van der Waals surface area contributed by atoms with Crippen molar-refractivity contribution in [3.05, 3.63) is 67.1 Å². The Kier molecular flexibility index (Phi) is 3.81. The molecule has 3 aromatic heterocycles. The summed E-state index contributed by atoms with van der Waals surface area (Å²) in [5.41, 5.74) is 3.53. The van der Waals surface area contributed by atoms with Crippen LogP contribution in [0, 0.1) is 0 Å². The smallest absolute Gasteiger partial charge is 0.387 e. The average Bonchev–Trinajstić information content (AvgIpc) is 3.09. The highest BCUT2D eigenvalue weighted by molar-refractivity contribution is 5.79. The van der Waals surface area contributed by atoms with Gasteiger partial charge in [0.05, 0.1) is 17.6 Å². The fourth-order valence-electron chi connectivity index (χ4n) is 2.62. The van der Waals surface area contributed by atoms with Gasteiger partial charge in [0.25, 0.3) is 0 Å². The molecule has 0 aliphatic carbocycles. The molecule has 3 heterocycles. The van der Waals surface area contributed by atoms with Gasteiger partial charge in [0, 0.05) is 29.6 Å². The summed E-state index contributed by atoms with van der Waals surface area (Å²) in [4.78, 5) is 8.98. The van der Waals surface area contributed by atoms with Crippen LogP contribution in [0.5, 0.6) is 5.75 Å². The summed E-state index contributed by atoms with van der Waals surface area (Å²) in [5, 5.41) is 4.12. The summed E-state index contributed by atoms with van der Waals surface area (Å²) < 4.78 is 31.1. The number of alkyl halides is 2. The molecule has 0 unspecified atom stereocenters. The van der Waals surface area contributed by atoms with Crippen LogP contribution in [-0.2, 0) is 0 Å². The van der Waals surface area contributed by atoms with E-state index in [0.717, 1.165) is 11.3 Å². The quantitative estimate of drug-likeness (QED) is 0.563. The van der Waals surface area contributed by atoms with Crippen molar-refractivity contribution in [2.45, 2.75) is 6.61 Å². The van der Waals surface area contributed by atoms with E-state index in [-0.39, 0.29) is 5.75 Å². The normalized spacial score (nSPS) is 11.2. The Hall–Kier alpha value is -3.35. The summed E-state index contributed by atoms with van der Waals surface area (Å²) in [6.07, 6.45) is 5.13. The minimum absolute atomic E-state index is 0.0864. The lowest BCUT2D eigenvalue weighted by Gasteiger charge is -2.10. The molecule has 7 heteroatoms. The molecule has 4 rings (SSSR count). The van der Waals surface area contributed by atoms with Crippen molar-refractivity contribution < 1.29 is 13.5 Å². The average molecular weight is 338 g/mol. The molecule has 1 aromatic carbocycles. The molecule has 0 bridgehead atoms. The fourth-order valence-corrected chi connectivity index (χ4v) is 2.62. The standard InChI is InChI=1S/C18H12F2N4O/c19-18(20)25-13-4-1-3-12(11-13)17-14(5-2-8-21-17)15-7-10-24-16(23-15)6-9-22-24/h1-11,18H. The Morgan fingerprint density at radius 3 is 2.80 bits per heavy atom. The number of ether oxygens (including phenoxy) is 1. The van der Waals surface area contributed by atoms with E-state index in [0.29, 0.717) is 16.9 Å². The summed E-state index contributed by atoms with van der Waals surface area (Å²) in [6.45, 7) is -2.87. The van der Waals surface area contributed by atoms with Gasteiger partial charge in [0.2, 0.25) is 0 Å². The number of rotatable bonds is 4. The molecule has 0 aliphatic rings. The first-order chi connectivity index (χ1) is 12.2. The second-order valence-electron chi connectivity index (χ2n) is 5.25. The zero-order valence-electron chi connectivity index (χ0n) is 12.9. The van der Waals surface area contributed by atoms with Crippen LogP contribution >= 0.6 is 0 Å². The van der Waals surface area contributed by atoms with Crippen molar-refractivity contribution in [1.29, 1.82) is 0 Å². The highest BCUT2D eigenvalue weighted by Gasteiger charge is 2.12. The van der Waals surface area contributed by atoms with Crippen LogP contribution in [0.25, 0.3) is 28.2 Å². The van der Waals surface area contributed by atoms with Gasteiger partial charge in [-0.25, -0.2) is 9.50 Å². The van der Waals surface area contributed by atoms with Gasteiger partial charge in [-0.05, 0) is 30.3 Å². The molecule has 0 fully saturated rings. The van der Waals surface area contributed by atoms with Crippen LogP contribution in [-0.4, -0.2) is 26.2 Å². The maximum absolute atomic E-state index is 12.5. The Balaban J connectivity index is 1.81. The number of aromatic nitrogens is 4. The predicted octanol–water partition coefficient (Wildman–Crippen LogP) is 4.06. The van der Waals surface area contributed by atoms with E-state index in [4.69, 9.17) is 0 Å². The number of fused-ring (bicyclic) bond motifs is 1. The number of hydrogen-bond acceptors (Lipinski definition) is 4. The van der Waals surface area contributed by atoms with Crippen LogP contribution < -0.4 is 4.74 Å². The molecule has 0 aliphatic heterocycles. The van der Waals surface area contributed by atoms with E-state index in [1.54, 1.807) is 41.2 Å². The minimum Gasteiger partial charge on any atom is -0.435 e. The number of halogens is 2. The molecule has 0 atom stereocenters. The van der Waals surface area contributed by atoms with Gasteiger partial charge in [0.15, 0.2) is 5.65 Å². The molecule has 0 amide bonds. The van der Waals surface area contributed by atoms with Gasteiger partial charge < -0.3 is 4.74 Å². The Morgan fingerprint density at radius 2 is 1.92 bits per heavy atom. The third-order valence-corrected chi connectivity index (χ3v) is 3.67. The van der Waals surface area contributed by atoms with Gasteiger partial charge in [-0.2, -0.15) is 13.9 Å². The van der Waals surface area contributed by atoms with E-state index in [1.165, 1.54) is 12.1 Å². The summed E-state index contributed by atoms with van der Waals surface area (Å²) >= 11 is 0. The first kappa shape index (κ1) is 15.2. The number of hydrogen-bond donors (Lipinski definition) is 0. The van der Waals surface area contributed by atoms with E-state index in [2.05, 4.69) is 19.8 Å². The molecule has 124 valence electrons. The molecule has 25 heavy (non-hydrogen) atoms. The Labute approximate surface area is 141 Å². The van der Waals surface area contributed by atoms with Crippen molar-refractivity contribution in [2.75, 3.05) is 0 Å². The molecule has 0 saturated carbocycles. The lowest BCUT2D eigenvalue weighted by atomic mass is 10.0. The molecule has 0 radical (unpaired) electrons. The van der Waals surface area contributed by atoms with Crippen molar-refractivity contribution in [3.63, 3.8) is 0 Å². The first-order valence-electron chi connectivity index (χ1n) is 7.52. The highest BCUT2D eigenvalue weighted by atomic mass is 19.3. The van der Waals surface area contributed by atoms with Gasteiger partial charge in [-0.1, -0.05) is 12.1 Å². The van der Waals surface area contributed by atoms with Crippen molar-refractivity contribution >= 4 is 5.65 Å². The SMILES string of the molecule is FC(F)Oc1cccc(-c2ncccc2-c2ccn3nccc3n2)c1. The number of benzene rings is 1. The number of pyridine rings is 1. The maximum atomic E-state index is 12.5. The lowest BCUT2D eigenvalue weighted by molar-refractivity contribution is -0.0498. The van der Waals surface area contributed by atoms with E-state index in [1.807, 2.05) is 18.3 Å². The Morgan fingerprint density at radius 1 is 1.00 bits per heavy atom. The van der Waals surface area contributed by atoms with E-state index >= 15 is 0 Å². The second-order valence-corrected chi connectivity index (χ2v) is 5.25. The zero-order chi connectivity index (χ0) is 17.2. The molecule has 0 saturated heterocycles. The van der Waals surface area contributed by atoms with Crippen molar-refractivity contribution in [1.82, 2.24) is 19.6 Å². The summed E-state index contributed by atoms with van der Waals surface area (Å²) in [6, 6.07) is 13.8. The summed E-state index contributed by atoms with van der Waals surface area (Å²) in [5.74, 6) is 0.0864. The predicted molar refractivity (Wildman–Crippen MR) is 88.3 cm³/mol. The highest BCUT2D eigenvalue weighted by Crippen LogP contribution is 2.31. The number of nitrogens with zero attached hydrogens (tertiary/aromatic N) is 4. The first-order valence-corrected chi connectivity index (χ1v) is 7.52. The molecule has 0 N–H and O–H groups in total. The van der Waals surface area contributed by atoms with Gasteiger partial charge in [-0.15, -0.1) is 0 Å². The van der Waals surface area contributed by atoms with E-state index in [9.17, 15) is 8.78 Å². The monoisotopic (exact) mass is 338 g/mol. The summed E-state index contributed by atoms with van der Waals surface area (Å²) in [7, 11) is 0. The maximum Gasteiger partial charge on any atom is 0.387 e. The molecule has 5 nitrogen and oxygen atoms in total. The van der Waals surface area contributed by atoms with Gasteiger partial charge in [0.1, 0.15) is 5.75 Å². The molecular formula is C18H12F2N4O. The van der Waals surface area contributed by atoms with Crippen LogP contribution in [0.3, 0.4) is 0 Å².